The molecule has 504 valence electrons. The average molecular weight is 1260 g/mol. The summed E-state index contributed by atoms with van der Waals surface area (Å²) >= 11 is 0. The lowest BCUT2D eigenvalue weighted by Crippen LogP contribution is -2.30. The SMILES string of the molecule is CCC(C)CCCCCCCCC(=O)O[C@H](COC(=O)CCCCCCCCC(C)C)COP(=O)(O)OC[C@@H](O)COP(=O)(O)OC[C@@H](COC(=O)CCCCCCCCC(C)C)OC(=O)CCCCCCCCCCCCCCCCC(C)C. The minimum absolute atomic E-state index is 0.101. The molecule has 0 aromatic heterocycles. The van der Waals surface area contributed by atoms with E-state index in [2.05, 4.69) is 55.4 Å². The quantitative estimate of drug-likeness (QED) is 0.0222. The van der Waals surface area contributed by atoms with Gasteiger partial charge in [-0.1, -0.05) is 267 Å². The number of aliphatic hydroxyl groups excluding tert-OH is 1. The third-order valence-corrected chi connectivity index (χ3v) is 17.3. The molecular formula is C66H128O17P2. The Morgan fingerprint density at radius 3 is 0.835 bits per heavy atom. The van der Waals surface area contributed by atoms with Crippen molar-refractivity contribution in [1.29, 1.82) is 0 Å². The Hall–Kier alpha value is -1.94. The Labute approximate surface area is 517 Å². The number of rotatable bonds is 63. The average Bonchev–Trinajstić information content (AvgIpc) is 3.56. The molecule has 85 heavy (non-hydrogen) atoms. The van der Waals surface area contributed by atoms with Crippen LogP contribution in [-0.2, 0) is 65.4 Å². The van der Waals surface area contributed by atoms with E-state index < -0.39 is 97.5 Å². The van der Waals surface area contributed by atoms with E-state index in [0.29, 0.717) is 37.5 Å². The highest BCUT2D eigenvalue weighted by molar-refractivity contribution is 7.47. The van der Waals surface area contributed by atoms with Crippen molar-refractivity contribution < 1.29 is 80.2 Å². The molecule has 0 rings (SSSR count). The number of aliphatic hydroxyl groups is 1. The van der Waals surface area contributed by atoms with Crippen LogP contribution < -0.4 is 0 Å². The van der Waals surface area contributed by atoms with E-state index in [4.69, 9.17) is 37.0 Å². The van der Waals surface area contributed by atoms with Crippen molar-refractivity contribution in [1.82, 2.24) is 0 Å². The molecule has 0 amide bonds. The van der Waals surface area contributed by atoms with Crippen LogP contribution in [-0.4, -0.2) is 96.7 Å². The van der Waals surface area contributed by atoms with Crippen LogP contribution in [0.25, 0.3) is 0 Å². The first-order valence-electron chi connectivity index (χ1n) is 34.2. The minimum atomic E-state index is -4.95. The summed E-state index contributed by atoms with van der Waals surface area (Å²) in [6.45, 7) is 13.9. The summed E-state index contributed by atoms with van der Waals surface area (Å²) in [4.78, 5) is 72.2. The standard InChI is InChI=1S/C66H128O17P2/c1-9-59(8)45-37-29-22-25-33-41-49-66(71)83-62(53-77-64(69)47-39-31-24-21-28-36-44-58(6)7)55-81-85(74,75)79-51-60(67)50-78-84(72,73)80-54-61(52-76-63(68)46-38-30-23-20-27-35-43-57(4)5)82-65(70)48-40-32-19-17-15-13-11-10-12-14-16-18-26-34-42-56(2)3/h56-62,67H,9-55H2,1-8H3,(H,72,73)(H,74,75)/t59?,60-,61+,62+/m0/s1. The van der Waals surface area contributed by atoms with Gasteiger partial charge in [-0.05, 0) is 49.4 Å². The predicted molar refractivity (Wildman–Crippen MR) is 340 cm³/mol. The first-order valence-corrected chi connectivity index (χ1v) is 37.2. The van der Waals surface area contributed by atoms with Gasteiger partial charge in [-0.25, -0.2) is 9.13 Å². The molecule has 3 N–H and O–H groups in total. The van der Waals surface area contributed by atoms with Crippen LogP contribution in [0.5, 0.6) is 0 Å². The Balaban J connectivity index is 5.20. The zero-order valence-corrected chi connectivity index (χ0v) is 57.0. The fourth-order valence-corrected chi connectivity index (χ4v) is 11.3. The fourth-order valence-electron chi connectivity index (χ4n) is 9.75. The summed E-state index contributed by atoms with van der Waals surface area (Å²) in [6, 6.07) is 0. The molecule has 0 bridgehead atoms. The zero-order chi connectivity index (χ0) is 63.2. The lowest BCUT2D eigenvalue weighted by molar-refractivity contribution is -0.161. The van der Waals surface area contributed by atoms with Crippen LogP contribution >= 0.6 is 15.6 Å². The molecule has 0 aliphatic carbocycles. The maximum absolute atomic E-state index is 13.0. The van der Waals surface area contributed by atoms with Crippen molar-refractivity contribution in [2.24, 2.45) is 23.7 Å². The van der Waals surface area contributed by atoms with Gasteiger partial charge < -0.3 is 33.8 Å². The molecule has 6 atom stereocenters. The smallest absolute Gasteiger partial charge is 0.462 e. The minimum Gasteiger partial charge on any atom is -0.462 e. The van der Waals surface area contributed by atoms with Gasteiger partial charge in [0, 0.05) is 25.7 Å². The highest BCUT2D eigenvalue weighted by atomic mass is 31.2. The second kappa shape index (κ2) is 56.1. The van der Waals surface area contributed by atoms with Gasteiger partial charge in [-0.15, -0.1) is 0 Å². The molecule has 0 aromatic rings. The summed E-state index contributed by atoms with van der Waals surface area (Å²) in [6.07, 6.45) is 36.6. The molecule has 3 unspecified atom stereocenters. The van der Waals surface area contributed by atoms with Crippen LogP contribution in [0.2, 0.25) is 0 Å². The van der Waals surface area contributed by atoms with E-state index in [9.17, 15) is 43.2 Å². The molecule has 19 heteroatoms. The van der Waals surface area contributed by atoms with E-state index in [1.54, 1.807) is 0 Å². The molecule has 0 heterocycles. The summed E-state index contributed by atoms with van der Waals surface area (Å²) in [5.74, 6) is 0.733. The Kier molecular flexibility index (Phi) is 54.8. The molecular weight excluding hydrogens is 1130 g/mol. The largest absolute Gasteiger partial charge is 0.472 e. The van der Waals surface area contributed by atoms with Crippen LogP contribution in [0, 0.1) is 23.7 Å². The third-order valence-electron chi connectivity index (χ3n) is 15.4. The molecule has 0 aliphatic rings. The third kappa shape index (κ3) is 59.5. The number of carbonyl (C=O) groups is 4. The summed E-state index contributed by atoms with van der Waals surface area (Å²) in [5.41, 5.74) is 0. The van der Waals surface area contributed by atoms with Crippen LogP contribution in [0.4, 0.5) is 0 Å². The van der Waals surface area contributed by atoms with E-state index in [1.165, 1.54) is 109 Å². The van der Waals surface area contributed by atoms with Crippen molar-refractivity contribution in [2.75, 3.05) is 39.6 Å². The Morgan fingerprint density at radius 1 is 0.329 bits per heavy atom. The van der Waals surface area contributed by atoms with E-state index in [-0.39, 0.29) is 25.7 Å². The molecule has 0 saturated heterocycles. The number of unbranched alkanes of at least 4 members (excludes halogenated alkanes) is 28. The lowest BCUT2D eigenvalue weighted by Gasteiger charge is -2.21. The van der Waals surface area contributed by atoms with Crippen LogP contribution in [0.3, 0.4) is 0 Å². The molecule has 0 aromatic carbocycles. The molecule has 0 spiro atoms. The molecule has 0 radical (unpaired) electrons. The van der Waals surface area contributed by atoms with Gasteiger partial charge in [0.2, 0.25) is 0 Å². The highest BCUT2D eigenvalue weighted by Crippen LogP contribution is 2.45. The van der Waals surface area contributed by atoms with Crippen LogP contribution in [0.15, 0.2) is 0 Å². The number of carbonyl (C=O) groups excluding carboxylic acids is 4. The second-order valence-electron chi connectivity index (χ2n) is 25.5. The number of phosphoric ester groups is 2. The number of hydrogen-bond acceptors (Lipinski definition) is 15. The zero-order valence-electron chi connectivity index (χ0n) is 55.2. The van der Waals surface area contributed by atoms with Gasteiger partial charge >= 0.3 is 39.5 Å². The van der Waals surface area contributed by atoms with E-state index >= 15 is 0 Å². The maximum atomic E-state index is 13.0. The van der Waals surface area contributed by atoms with Crippen molar-refractivity contribution in [3.05, 3.63) is 0 Å². The molecule has 17 nitrogen and oxygen atoms in total. The summed E-state index contributed by atoms with van der Waals surface area (Å²) in [7, 11) is -9.89. The summed E-state index contributed by atoms with van der Waals surface area (Å²) < 4.78 is 68.0. The van der Waals surface area contributed by atoms with E-state index in [1.807, 2.05) is 0 Å². The molecule has 0 fully saturated rings. The highest BCUT2D eigenvalue weighted by Gasteiger charge is 2.30. The van der Waals surface area contributed by atoms with Crippen LogP contribution in [0.1, 0.15) is 319 Å². The van der Waals surface area contributed by atoms with Gasteiger partial charge in [0.25, 0.3) is 0 Å². The van der Waals surface area contributed by atoms with Crippen molar-refractivity contribution in [3.8, 4) is 0 Å². The predicted octanol–water partition coefficient (Wildman–Crippen LogP) is 18.1. The lowest BCUT2D eigenvalue weighted by atomic mass is 10.00. The monoisotopic (exact) mass is 1250 g/mol. The van der Waals surface area contributed by atoms with Gasteiger partial charge in [0.05, 0.1) is 26.4 Å². The number of hydrogen-bond donors (Lipinski definition) is 3. The summed E-state index contributed by atoms with van der Waals surface area (Å²) in [5, 5.41) is 10.5. The first kappa shape index (κ1) is 83.1. The number of esters is 4. The topological polar surface area (TPSA) is 237 Å². The first-order chi connectivity index (χ1) is 40.6. The maximum Gasteiger partial charge on any atom is 0.472 e. The normalized spacial score (nSPS) is 14.7. The van der Waals surface area contributed by atoms with Gasteiger partial charge in [-0.2, -0.15) is 0 Å². The second-order valence-corrected chi connectivity index (χ2v) is 28.4. The van der Waals surface area contributed by atoms with Gasteiger partial charge in [0.1, 0.15) is 19.3 Å². The Bertz CT molecular complexity index is 1700. The molecule has 0 saturated carbocycles. The van der Waals surface area contributed by atoms with Crippen molar-refractivity contribution >= 4 is 39.5 Å². The van der Waals surface area contributed by atoms with Gasteiger partial charge in [-0.3, -0.25) is 37.3 Å². The van der Waals surface area contributed by atoms with Crippen molar-refractivity contribution in [3.63, 3.8) is 0 Å². The molecule has 0 aliphatic heterocycles. The fraction of sp³-hybridized carbons (Fsp3) is 0.939. The Morgan fingerprint density at radius 2 is 0.565 bits per heavy atom. The number of phosphoric acid groups is 2. The van der Waals surface area contributed by atoms with Crippen molar-refractivity contribution in [2.45, 2.75) is 337 Å². The van der Waals surface area contributed by atoms with Gasteiger partial charge in [0.15, 0.2) is 12.2 Å². The number of ether oxygens (including phenoxy) is 4. The van der Waals surface area contributed by atoms with E-state index in [0.717, 1.165) is 115 Å².